The number of nitrogens with one attached hydrogen (secondary N) is 1. The lowest BCUT2D eigenvalue weighted by Crippen LogP contribution is -2.21. The van der Waals surface area contributed by atoms with E-state index in [2.05, 4.69) is 5.32 Å². The Morgan fingerprint density at radius 1 is 1.00 bits per heavy atom. The van der Waals surface area contributed by atoms with Crippen LogP contribution >= 0.6 is 23.2 Å². The highest BCUT2D eigenvalue weighted by atomic mass is 35.5. The second kappa shape index (κ2) is 7.82. The number of anilines is 1. The van der Waals surface area contributed by atoms with Crippen molar-refractivity contribution in [1.29, 1.82) is 0 Å². The van der Waals surface area contributed by atoms with Crippen molar-refractivity contribution in [3.63, 3.8) is 0 Å². The van der Waals surface area contributed by atoms with Gasteiger partial charge in [0.2, 0.25) is 0 Å². The van der Waals surface area contributed by atoms with Crippen LogP contribution in [0.2, 0.25) is 10.0 Å². The summed E-state index contributed by atoms with van der Waals surface area (Å²) >= 11 is 11.6. The van der Waals surface area contributed by atoms with E-state index < -0.39 is 11.9 Å². The first-order valence-electron chi connectivity index (χ1n) is 6.48. The number of hydrogen-bond acceptors (Lipinski definition) is 3. The van der Waals surface area contributed by atoms with E-state index in [1.165, 1.54) is 0 Å². The summed E-state index contributed by atoms with van der Waals surface area (Å²) < 4.78 is 4.92. The van der Waals surface area contributed by atoms with Crippen LogP contribution in [0.1, 0.15) is 5.56 Å². The minimum absolute atomic E-state index is 0.0849. The summed E-state index contributed by atoms with van der Waals surface area (Å²) in [6.07, 6.45) is 0.0849. The Labute approximate surface area is 138 Å². The molecule has 0 saturated heterocycles. The van der Waals surface area contributed by atoms with Crippen LogP contribution < -0.4 is 5.32 Å². The fraction of sp³-hybridized carbons (Fsp3) is 0.125. The number of amides is 1. The first kappa shape index (κ1) is 16.3. The molecule has 0 fully saturated rings. The largest absolute Gasteiger partial charge is 0.455 e. The molecule has 2 aromatic rings. The number of hydrogen-bond donors (Lipinski definition) is 1. The molecule has 1 amide bonds. The number of halogens is 2. The third-order valence-corrected chi connectivity index (χ3v) is 3.22. The summed E-state index contributed by atoms with van der Waals surface area (Å²) in [5.74, 6) is -0.907. The van der Waals surface area contributed by atoms with E-state index in [9.17, 15) is 9.59 Å². The van der Waals surface area contributed by atoms with Crippen molar-refractivity contribution < 1.29 is 14.3 Å². The van der Waals surface area contributed by atoms with Crippen LogP contribution in [-0.2, 0) is 20.7 Å². The topological polar surface area (TPSA) is 55.4 Å². The van der Waals surface area contributed by atoms with Gasteiger partial charge in [-0.15, -0.1) is 0 Å². The maximum absolute atomic E-state index is 11.7. The number of carbonyl (C=O) groups is 2. The Morgan fingerprint density at radius 2 is 1.73 bits per heavy atom. The van der Waals surface area contributed by atoms with Crippen molar-refractivity contribution in [1.82, 2.24) is 0 Å². The lowest BCUT2D eigenvalue weighted by molar-refractivity contribution is -0.146. The Morgan fingerprint density at radius 3 is 2.41 bits per heavy atom. The van der Waals surface area contributed by atoms with Gasteiger partial charge in [-0.2, -0.15) is 0 Å². The molecule has 6 heteroatoms. The second-order valence-electron chi connectivity index (χ2n) is 4.52. The smallest absolute Gasteiger partial charge is 0.310 e. The molecule has 2 aromatic carbocycles. The van der Waals surface area contributed by atoms with Crippen LogP contribution in [0, 0.1) is 0 Å². The van der Waals surface area contributed by atoms with E-state index in [0.29, 0.717) is 15.7 Å². The van der Waals surface area contributed by atoms with Gasteiger partial charge in [0.15, 0.2) is 6.61 Å². The van der Waals surface area contributed by atoms with Gasteiger partial charge in [-0.05, 0) is 35.9 Å². The van der Waals surface area contributed by atoms with Gasteiger partial charge in [0.05, 0.1) is 6.42 Å². The first-order chi connectivity index (χ1) is 10.5. The number of esters is 1. The summed E-state index contributed by atoms with van der Waals surface area (Å²) in [6, 6.07) is 13.6. The number of benzene rings is 2. The first-order valence-corrected chi connectivity index (χ1v) is 7.24. The van der Waals surface area contributed by atoms with Crippen LogP contribution in [0.25, 0.3) is 0 Å². The Kier molecular flexibility index (Phi) is 5.81. The minimum atomic E-state index is -0.483. The Hall–Kier alpha value is -2.04. The highest BCUT2D eigenvalue weighted by Gasteiger charge is 2.09. The van der Waals surface area contributed by atoms with Gasteiger partial charge in [-0.3, -0.25) is 9.59 Å². The molecule has 0 atom stereocenters. The quantitative estimate of drug-likeness (QED) is 0.846. The van der Waals surface area contributed by atoms with Crippen LogP contribution in [0.5, 0.6) is 0 Å². The molecule has 0 bridgehead atoms. The average molecular weight is 338 g/mol. The zero-order chi connectivity index (χ0) is 15.9. The molecule has 0 spiro atoms. The summed E-state index contributed by atoms with van der Waals surface area (Å²) in [4.78, 5) is 23.3. The number of rotatable bonds is 5. The van der Waals surface area contributed by atoms with E-state index in [1.54, 1.807) is 48.5 Å². The van der Waals surface area contributed by atoms with E-state index >= 15 is 0 Å². The molecule has 4 nitrogen and oxygen atoms in total. The number of ether oxygens (including phenoxy) is 1. The van der Waals surface area contributed by atoms with Crippen LogP contribution in [-0.4, -0.2) is 18.5 Å². The highest BCUT2D eigenvalue weighted by molar-refractivity contribution is 6.31. The Balaban J connectivity index is 1.78. The fourth-order valence-corrected chi connectivity index (χ4v) is 2.05. The van der Waals surface area contributed by atoms with E-state index in [0.717, 1.165) is 5.56 Å². The van der Waals surface area contributed by atoms with Gasteiger partial charge < -0.3 is 10.1 Å². The molecule has 0 saturated carbocycles. The zero-order valence-corrected chi connectivity index (χ0v) is 13.0. The third-order valence-electron chi connectivity index (χ3n) is 2.73. The van der Waals surface area contributed by atoms with Gasteiger partial charge in [0, 0.05) is 15.7 Å². The predicted octanol–water partition coefficient (Wildman–Crippen LogP) is 3.72. The molecule has 0 aromatic heterocycles. The molecule has 0 radical (unpaired) electrons. The molecule has 1 N–H and O–H groups in total. The lowest BCUT2D eigenvalue weighted by atomic mass is 10.1. The lowest BCUT2D eigenvalue weighted by Gasteiger charge is -2.07. The van der Waals surface area contributed by atoms with Crippen LogP contribution in [0.15, 0.2) is 48.5 Å². The molecule has 114 valence electrons. The fourth-order valence-electron chi connectivity index (χ4n) is 1.73. The van der Waals surface area contributed by atoms with E-state index in [-0.39, 0.29) is 13.0 Å². The molecule has 0 heterocycles. The molecular formula is C16H13Cl2NO3. The van der Waals surface area contributed by atoms with Crippen molar-refractivity contribution in [2.75, 3.05) is 11.9 Å². The van der Waals surface area contributed by atoms with Crippen LogP contribution in [0.3, 0.4) is 0 Å². The van der Waals surface area contributed by atoms with Crippen molar-refractivity contribution in [2.24, 2.45) is 0 Å². The summed E-state index contributed by atoms with van der Waals surface area (Å²) in [5.41, 5.74) is 1.32. The standard InChI is InChI=1S/C16H13Cl2NO3/c17-12-6-4-11(5-7-12)8-16(21)22-10-15(20)19-14-3-1-2-13(18)9-14/h1-7,9H,8,10H2,(H,19,20). The molecule has 2 rings (SSSR count). The molecular weight excluding hydrogens is 325 g/mol. The van der Waals surface area contributed by atoms with Gasteiger partial charge >= 0.3 is 5.97 Å². The van der Waals surface area contributed by atoms with E-state index in [1.807, 2.05) is 0 Å². The highest BCUT2D eigenvalue weighted by Crippen LogP contribution is 2.14. The van der Waals surface area contributed by atoms with Crippen molar-refractivity contribution in [3.8, 4) is 0 Å². The molecule has 22 heavy (non-hydrogen) atoms. The van der Waals surface area contributed by atoms with Crippen molar-refractivity contribution >= 4 is 40.8 Å². The van der Waals surface area contributed by atoms with Gasteiger partial charge in [0.1, 0.15) is 0 Å². The van der Waals surface area contributed by atoms with Gasteiger partial charge in [-0.1, -0.05) is 41.4 Å². The summed E-state index contributed by atoms with van der Waals surface area (Å²) in [7, 11) is 0. The third kappa shape index (κ3) is 5.39. The SMILES string of the molecule is O=C(COC(=O)Cc1ccc(Cl)cc1)Nc1cccc(Cl)c1. The number of carbonyl (C=O) groups excluding carboxylic acids is 2. The minimum Gasteiger partial charge on any atom is -0.455 e. The maximum Gasteiger partial charge on any atom is 0.310 e. The van der Waals surface area contributed by atoms with Crippen molar-refractivity contribution in [2.45, 2.75) is 6.42 Å². The zero-order valence-electron chi connectivity index (χ0n) is 11.5. The van der Waals surface area contributed by atoms with Gasteiger partial charge in [0.25, 0.3) is 5.91 Å². The van der Waals surface area contributed by atoms with Gasteiger partial charge in [-0.25, -0.2) is 0 Å². The Bertz CT molecular complexity index is 671. The molecule has 0 aliphatic heterocycles. The van der Waals surface area contributed by atoms with Crippen LogP contribution in [0.4, 0.5) is 5.69 Å². The summed E-state index contributed by atoms with van der Waals surface area (Å²) in [6.45, 7) is -0.348. The van der Waals surface area contributed by atoms with Crippen molar-refractivity contribution in [3.05, 3.63) is 64.1 Å². The molecule has 0 aliphatic carbocycles. The molecule has 0 aliphatic rings. The monoisotopic (exact) mass is 337 g/mol. The summed E-state index contributed by atoms with van der Waals surface area (Å²) in [5, 5.41) is 3.70. The normalized spacial score (nSPS) is 10.1. The average Bonchev–Trinajstić information content (AvgIpc) is 2.48. The maximum atomic E-state index is 11.7. The second-order valence-corrected chi connectivity index (χ2v) is 5.40. The molecule has 0 unspecified atom stereocenters. The predicted molar refractivity (Wildman–Crippen MR) is 86.2 cm³/mol. The van der Waals surface area contributed by atoms with E-state index in [4.69, 9.17) is 27.9 Å².